The molecule has 1 fully saturated rings. The lowest BCUT2D eigenvalue weighted by Gasteiger charge is -2.17. The highest BCUT2D eigenvalue weighted by Gasteiger charge is 2.56. The molecule has 1 aliphatic carbocycles. The molecule has 168 valence electrons. The molecule has 5 rings (SSSR count). The Morgan fingerprint density at radius 3 is 2.55 bits per heavy atom. The first kappa shape index (κ1) is 20.9. The van der Waals surface area contributed by atoms with Crippen LogP contribution in [0.25, 0.3) is 11.3 Å². The number of carbonyl (C=O) groups excluding carboxylic acids is 1. The molecule has 0 atom stereocenters. The molecule has 2 aliphatic rings. The third-order valence-corrected chi connectivity index (χ3v) is 5.77. The first-order chi connectivity index (χ1) is 15.8. The quantitative estimate of drug-likeness (QED) is 0.584. The maximum absolute atomic E-state index is 13.6. The number of pyridine rings is 1. The van der Waals surface area contributed by atoms with Crippen LogP contribution in [0.15, 0.2) is 60.7 Å². The van der Waals surface area contributed by atoms with E-state index in [-0.39, 0.29) is 29.5 Å². The van der Waals surface area contributed by atoms with Crippen LogP contribution in [0, 0.1) is 0 Å². The minimum absolute atomic E-state index is 0.0884. The van der Waals surface area contributed by atoms with E-state index >= 15 is 0 Å². The number of aromatic carboxylic acids is 1. The van der Waals surface area contributed by atoms with E-state index in [0.717, 1.165) is 0 Å². The van der Waals surface area contributed by atoms with Gasteiger partial charge in [0.2, 0.25) is 5.91 Å². The van der Waals surface area contributed by atoms with E-state index in [9.17, 15) is 23.5 Å². The van der Waals surface area contributed by atoms with Gasteiger partial charge in [0.1, 0.15) is 0 Å². The Hall–Kier alpha value is -4.01. The number of nitrogens with zero attached hydrogens (tertiary/aromatic N) is 1. The Morgan fingerprint density at radius 1 is 1.03 bits per heavy atom. The predicted octanol–water partition coefficient (Wildman–Crippen LogP) is 4.12. The molecule has 33 heavy (non-hydrogen) atoms. The highest BCUT2D eigenvalue weighted by atomic mass is 19.3. The lowest BCUT2D eigenvalue weighted by Crippen LogP contribution is -2.35. The van der Waals surface area contributed by atoms with Crippen molar-refractivity contribution in [1.29, 1.82) is 0 Å². The Balaban J connectivity index is 1.33. The normalized spacial score (nSPS) is 16.8. The number of halogens is 2. The molecule has 0 saturated heterocycles. The summed E-state index contributed by atoms with van der Waals surface area (Å²) in [4.78, 5) is 28.8. The van der Waals surface area contributed by atoms with E-state index in [1.807, 2.05) is 0 Å². The van der Waals surface area contributed by atoms with Crippen LogP contribution >= 0.6 is 0 Å². The van der Waals surface area contributed by atoms with Crippen molar-refractivity contribution in [3.8, 4) is 22.8 Å². The van der Waals surface area contributed by atoms with Crippen LogP contribution in [0.1, 0.15) is 34.5 Å². The van der Waals surface area contributed by atoms with Gasteiger partial charge in [0, 0.05) is 11.1 Å². The maximum Gasteiger partial charge on any atom is 0.586 e. The van der Waals surface area contributed by atoms with Crippen molar-refractivity contribution < 1.29 is 33.0 Å². The number of hydrogen-bond acceptors (Lipinski definition) is 5. The van der Waals surface area contributed by atoms with Gasteiger partial charge in [0.15, 0.2) is 11.5 Å². The van der Waals surface area contributed by atoms with Gasteiger partial charge in [-0.15, -0.1) is 8.78 Å². The van der Waals surface area contributed by atoms with Crippen molar-refractivity contribution >= 4 is 11.9 Å². The molecule has 7 nitrogen and oxygen atoms in total. The van der Waals surface area contributed by atoms with E-state index in [2.05, 4.69) is 19.8 Å². The SMILES string of the molecule is O=C(O)c1cccc(-c2cccc(CNC(=O)C3(c4cccc5c4OC(F)(F)O5)CC3)n2)c1. The zero-order valence-electron chi connectivity index (χ0n) is 17.2. The molecule has 2 heterocycles. The van der Waals surface area contributed by atoms with Gasteiger partial charge in [-0.3, -0.25) is 9.78 Å². The zero-order chi connectivity index (χ0) is 23.2. The summed E-state index contributed by atoms with van der Waals surface area (Å²) < 4.78 is 36.3. The third kappa shape index (κ3) is 3.86. The predicted molar refractivity (Wildman–Crippen MR) is 112 cm³/mol. The fraction of sp³-hybridized carbons (Fsp3) is 0.208. The van der Waals surface area contributed by atoms with Gasteiger partial charge in [-0.25, -0.2) is 4.79 Å². The number of hydrogen-bond donors (Lipinski definition) is 2. The number of amides is 1. The van der Waals surface area contributed by atoms with E-state index in [4.69, 9.17) is 0 Å². The van der Waals surface area contributed by atoms with Gasteiger partial charge >= 0.3 is 12.3 Å². The molecule has 9 heteroatoms. The maximum atomic E-state index is 13.6. The van der Waals surface area contributed by atoms with E-state index in [1.54, 1.807) is 42.5 Å². The number of carboxylic acids is 1. The van der Waals surface area contributed by atoms with Crippen molar-refractivity contribution in [2.45, 2.75) is 31.1 Å². The standard InChI is InChI=1S/C24H18F2N2O5/c25-24(26)32-19-9-3-7-17(20(19)33-24)23(10-11-23)22(31)27-13-16-6-2-8-18(28-16)14-4-1-5-15(12-14)21(29)30/h1-9,12H,10-11,13H2,(H,27,31)(H,29,30). The summed E-state index contributed by atoms with van der Waals surface area (Å²) in [6, 6.07) is 16.2. The fourth-order valence-electron chi connectivity index (χ4n) is 3.98. The highest BCUT2D eigenvalue weighted by molar-refractivity contribution is 5.92. The average Bonchev–Trinajstić information content (AvgIpc) is 3.54. The van der Waals surface area contributed by atoms with E-state index < -0.39 is 17.7 Å². The largest absolute Gasteiger partial charge is 0.586 e. The lowest BCUT2D eigenvalue weighted by molar-refractivity contribution is -0.287. The Morgan fingerprint density at radius 2 is 1.79 bits per heavy atom. The topological polar surface area (TPSA) is 97.8 Å². The molecule has 3 aromatic rings. The lowest BCUT2D eigenvalue weighted by atomic mass is 9.93. The summed E-state index contributed by atoms with van der Waals surface area (Å²) >= 11 is 0. The molecule has 1 aliphatic heterocycles. The molecule has 2 N–H and O–H groups in total. The van der Waals surface area contributed by atoms with E-state index in [0.29, 0.717) is 35.4 Å². The molecule has 2 aromatic carbocycles. The van der Waals surface area contributed by atoms with Crippen molar-refractivity contribution in [1.82, 2.24) is 10.3 Å². The minimum atomic E-state index is -3.76. The fourth-order valence-corrected chi connectivity index (χ4v) is 3.98. The van der Waals surface area contributed by atoms with Crippen molar-refractivity contribution in [3.63, 3.8) is 0 Å². The van der Waals surface area contributed by atoms with Crippen LogP contribution in [-0.2, 0) is 16.8 Å². The molecule has 0 unspecified atom stereocenters. The van der Waals surface area contributed by atoms with Crippen LogP contribution in [0.5, 0.6) is 11.5 Å². The van der Waals surface area contributed by atoms with Gasteiger partial charge in [-0.05, 0) is 43.2 Å². The molecule has 1 saturated carbocycles. The number of benzene rings is 2. The summed E-state index contributed by atoms with van der Waals surface area (Å²) in [6.45, 7) is 0.121. The molecule has 0 bridgehead atoms. The summed E-state index contributed by atoms with van der Waals surface area (Å²) in [5, 5.41) is 12.0. The second kappa shape index (κ2) is 7.54. The van der Waals surface area contributed by atoms with Crippen molar-refractivity contribution in [2.24, 2.45) is 0 Å². The summed E-state index contributed by atoms with van der Waals surface area (Å²) in [6.07, 6.45) is -2.76. The van der Waals surface area contributed by atoms with Gasteiger partial charge in [0.25, 0.3) is 0 Å². The minimum Gasteiger partial charge on any atom is -0.478 e. The van der Waals surface area contributed by atoms with Crippen LogP contribution in [0.2, 0.25) is 0 Å². The number of carboxylic acid groups (broad SMARTS) is 1. The van der Waals surface area contributed by atoms with Crippen LogP contribution < -0.4 is 14.8 Å². The average molecular weight is 452 g/mol. The molecular weight excluding hydrogens is 434 g/mol. The molecule has 1 aromatic heterocycles. The molecule has 0 radical (unpaired) electrons. The number of fused-ring (bicyclic) bond motifs is 1. The van der Waals surface area contributed by atoms with Crippen LogP contribution in [-0.4, -0.2) is 28.3 Å². The summed E-state index contributed by atoms with van der Waals surface area (Å²) in [7, 11) is 0. The van der Waals surface area contributed by atoms with Gasteiger partial charge in [0.05, 0.1) is 28.9 Å². The van der Waals surface area contributed by atoms with Gasteiger partial charge in [-0.1, -0.05) is 30.3 Å². The highest BCUT2D eigenvalue weighted by Crippen LogP contribution is 2.56. The third-order valence-electron chi connectivity index (χ3n) is 5.77. The van der Waals surface area contributed by atoms with Crippen LogP contribution in [0.3, 0.4) is 0 Å². The van der Waals surface area contributed by atoms with Crippen molar-refractivity contribution in [3.05, 3.63) is 77.5 Å². The molecular formula is C24H18F2N2O5. The number of aromatic nitrogens is 1. The number of para-hydroxylation sites is 1. The molecule has 0 spiro atoms. The Kier molecular flexibility index (Phi) is 4.77. The van der Waals surface area contributed by atoms with Crippen LogP contribution in [0.4, 0.5) is 8.78 Å². The first-order valence-electron chi connectivity index (χ1n) is 10.2. The Labute approximate surface area is 187 Å². The number of nitrogens with one attached hydrogen (secondary N) is 1. The second-order valence-electron chi connectivity index (χ2n) is 7.97. The summed E-state index contributed by atoms with van der Waals surface area (Å²) in [5.74, 6) is -1.53. The number of carbonyl (C=O) groups is 2. The summed E-state index contributed by atoms with van der Waals surface area (Å²) in [5.41, 5.74) is 1.35. The zero-order valence-corrected chi connectivity index (χ0v) is 17.2. The van der Waals surface area contributed by atoms with Gasteiger partial charge in [-0.2, -0.15) is 0 Å². The monoisotopic (exact) mass is 452 g/mol. The first-order valence-corrected chi connectivity index (χ1v) is 10.2. The molecule has 1 amide bonds. The smallest absolute Gasteiger partial charge is 0.478 e. The number of alkyl halides is 2. The van der Waals surface area contributed by atoms with Gasteiger partial charge < -0.3 is 19.9 Å². The number of rotatable bonds is 6. The van der Waals surface area contributed by atoms with E-state index in [1.165, 1.54) is 18.2 Å². The second-order valence-corrected chi connectivity index (χ2v) is 7.97. The Bertz CT molecular complexity index is 1270. The number of ether oxygens (including phenoxy) is 2. The van der Waals surface area contributed by atoms with Crippen molar-refractivity contribution in [2.75, 3.05) is 0 Å².